The number of nitrogens with zero attached hydrogens (tertiary/aromatic N) is 3. The molecule has 0 fully saturated rings. The van der Waals surface area contributed by atoms with Gasteiger partial charge in [-0.15, -0.1) is 0 Å². The van der Waals surface area contributed by atoms with E-state index in [9.17, 15) is 5.26 Å². The fourth-order valence-corrected chi connectivity index (χ4v) is 3.54. The summed E-state index contributed by atoms with van der Waals surface area (Å²) in [7, 11) is 4.01. The monoisotopic (exact) mass is 362 g/mol. The molecule has 0 aliphatic carbocycles. The smallest absolute Gasteiger partial charge is 0.205 e. The molecule has 1 aliphatic rings. The second-order valence-electron chi connectivity index (χ2n) is 6.81. The van der Waals surface area contributed by atoms with Crippen LogP contribution in [0.1, 0.15) is 30.9 Å². The zero-order valence-electron chi connectivity index (χ0n) is 16.4. The first-order chi connectivity index (χ1) is 13.0. The van der Waals surface area contributed by atoms with Crippen LogP contribution < -0.4 is 20.3 Å². The van der Waals surface area contributed by atoms with Crippen molar-refractivity contribution in [1.82, 2.24) is 0 Å². The van der Waals surface area contributed by atoms with Gasteiger partial charge in [0.2, 0.25) is 5.88 Å². The van der Waals surface area contributed by atoms with Crippen molar-refractivity contribution in [2.24, 2.45) is 5.73 Å². The molecule has 0 bridgehead atoms. The summed E-state index contributed by atoms with van der Waals surface area (Å²) in [4.78, 5) is 4.30. The Hall–Kier alpha value is -3.13. The molecule has 1 heterocycles. The molecule has 0 aromatic heterocycles. The summed E-state index contributed by atoms with van der Waals surface area (Å²) in [5, 5.41) is 9.70. The Labute approximate surface area is 161 Å². The topological polar surface area (TPSA) is 65.5 Å². The molecule has 0 amide bonds. The van der Waals surface area contributed by atoms with E-state index >= 15 is 0 Å². The quantitative estimate of drug-likeness (QED) is 0.876. The maximum absolute atomic E-state index is 9.70. The molecule has 0 spiro atoms. The van der Waals surface area contributed by atoms with E-state index in [0.29, 0.717) is 5.57 Å². The van der Waals surface area contributed by atoms with E-state index in [2.05, 4.69) is 61.2 Å². The zero-order chi connectivity index (χ0) is 19.6. The van der Waals surface area contributed by atoms with Crippen LogP contribution in [-0.4, -0.2) is 27.2 Å². The van der Waals surface area contributed by atoms with Crippen LogP contribution in [0.2, 0.25) is 0 Å². The van der Waals surface area contributed by atoms with Crippen molar-refractivity contribution in [3.05, 3.63) is 65.0 Å². The number of nitriles is 1. The molecule has 27 heavy (non-hydrogen) atoms. The first-order valence-corrected chi connectivity index (χ1v) is 9.23. The lowest BCUT2D eigenvalue weighted by atomic mass is 9.83. The molecule has 2 N–H and O–H groups in total. The van der Waals surface area contributed by atoms with Gasteiger partial charge in [-0.3, -0.25) is 0 Å². The number of benzene rings is 2. The van der Waals surface area contributed by atoms with Gasteiger partial charge >= 0.3 is 0 Å². The van der Waals surface area contributed by atoms with Crippen molar-refractivity contribution in [2.45, 2.75) is 19.8 Å². The molecule has 140 valence electrons. The number of allylic oxidation sites excluding steroid dienone is 1. The number of hydrogen-bond acceptors (Lipinski definition) is 5. The Bertz CT molecular complexity index is 890. The van der Waals surface area contributed by atoms with E-state index in [1.54, 1.807) is 0 Å². The first-order valence-electron chi connectivity index (χ1n) is 9.23. The lowest BCUT2D eigenvalue weighted by Gasteiger charge is -2.29. The van der Waals surface area contributed by atoms with Crippen LogP contribution in [-0.2, 0) is 0 Å². The minimum absolute atomic E-state index is 0.184. The van der Waals surface area contributed by atoms with E-state index in [0.717, 1.165) is 41.3 Å². The first kappa shape index (κ1) is 18.7. The average Bonchev–Trinajstić information content (AvgIpc) is 2.67. The van der Waals surface area contributed by atoms with Crippen LogP contribution in [0.4, 0.5) is 11.4 Å². The fourth-order valence-electron chi connectivity index (χ4n) is 3.54. The van der Waals surface area contributed by atoms with Crippen LogP contribution in [0.3, 0.4) is 0 Å². The van der Waals surface area contributed by atoms with Gasteiger partial charge in [-0.25, -0.2) is 0 Å². The van der Waals surface area contributed by atoms with E-state index in [-0.39, 0.29) is 11.8 Å². The van der Waals surface area contributed by atoms with Crippen molar-refractivity contribution in [3.63, 3.8) is 0 Å². The van der Waals surface area contributed by atoms with Crippen molar-refractivity contribution < 1.29 is 4.74 Å². The highest BCUT2D eigenvalue weighted by molar-refractivity contribution is 5.62. The van der Waals surface area contributed by atoms with Crippen LogP contribution in [0.15, 0.2) is 53.9 Å². The van der Waals surface area contributed by atoms with Crippen LogP contribution in [0.5, 0.6) is 5.75 Å². The molecule has 5 heteroatoms. The third-order valence-electron chi connectivity index (χ3n) is 5.07. The van der Waals surface area contributed by atoms with Crippen molar-refractivity contribution >= 4 is 11.4 Å². The summed E-state index contributed by atoms with van der Waals surface area (Å²) >= 11 is 0. The summed E-state index contributed by atoms with van der Waals surface area (Å²) in [6.07, 6.45) is 0. The average molecular weight is 362 g/mol. The highest BCUT2D eigenvalue weighted by atomic mass is 16.5. The molecule has 5 nitrogen and oxygen atoms in total. The third-order valence-corrected chi connectivity index (χ3v) is 5.07. The van der Waals surface area contributed by atoms with Gasteiger partial charge in [0.05, 0.1) is 5.92 Å². The van der Waals surface area contributed by atoms with Crippen molar-refractivity contribution in [3.8, 4) is 11.8 Å². The Balaban J connectivity index is 2.09. The second kappa shape index (κ2) is 7.63. The number of rotatable bonds is 5. The van der Waals surface area contributed by atoms with Gasteiger partial charge in [-0.05, 0) is 37.6 Å². The Kier molecular flexibility index (Phi) is 5.27. The Morgan fingerprint density at radius 1 is 1.04 bits per heavy atom. The summed E-state index contributed by atoms with van der Waals surface area (Å²) in [5.41, 5.74) is 10.8. The zero-order valence-corrected chi connectivity index (χ0v) is 16.4. The predicted octanol–water partition coefficient (Wildman–Crippen LogP) is 3.82. The normalized spacial score (nSPS) is 15.6. The third kappa shape index (κ3) is 3.43. The maximum atomic E-state index is 9.70. The van der Waals surface area contributed by atoms with Crippen molar-refractivity contribution in [2.75, 3.05) is 37.0 Å². The SMILES string of the molecule is CCN(CC)c1ccc2c(c1)OC(N)=C(C#N)[C@@H]2c1ccc(N(C)C)cc1. The standard InChI is InChI=1S/C22H26N4O/c1-5-26(6-2)17-11-12-18-20(13-17)27-22(24)19(14-23)21(18)15-7-9-16(10-8-15)25(3)4/h7-13,21H,5-6,24H2,1-4H3/t21-/m1/s1. The van der Waals surface area contributed by atoms with Gasteiger partial charge in [0.25, 0.3) is 0 Å². The van der Waals surface area contributed by atoms with Gasteiger partial charge in [0.1, 0.15) is 17.4 Å². The molecule has 3 rings (SSSR count). The van der Waals surface area contributed by atoms with Crippen LogP contribution in [0, 0.1) is 11.3 Å². The minimum atomic E-state index is -0.222. The van der Waals surface area contributed by atoms with E-state index in [1.165, 1.54) is 0 Å². The molecular weight excluding hydrogens is 336 g/mol. The summed E-state index contributed by atoms with van der Waals surface area (Å²) in [5.74, 6) is 0.682. The number of anilines is 2. The maximum Gasteiger partial charge on any atom is 0.205 e. The lowest BCUT2D eigenvalue weighted by Crippen LogP contribution is -2.24. The van der Waals surface area contributed by atoms with Gasteiger partial charge in [-0.2, -0.15) is 5.26 Å². The summed E-state index contributed by atoms with van der Waals surface area (Å²) < 4.78 is 5.83. The van der Waals surface area contributed by atoms with Crippen LogP contribution in [0.25, 0.3) is 0 Å². The van der Waals surface area contributed by atoms with E-state index < -0.39 is 0 Å². The highest BCUT2D eigenvalue weighted by Crippen LogP contribution is 2.43. The molecule has 0 radical (unpaired) electrons. The van der Waals surface area contributed by atoms with Gasteiger partial charge < -0.3 is 20.3 Å². The Morgan fingerprint density at radius 3 is 2.22 bits per heavy atom. The molecule has 2 aromatic rings. The number of hydrogen-bond donors (Lipinski definition) is 1. The second-order valence-corrected chi connectivity index (χ2v) is 6.81. The van der Waals surface area contributed by atoms with Crippen LogP contribution >= 0.6 is 0 Å². The predicted molar refractivity (Wildman–Crippen MR) is 110 cm³/mol. The van der Waals surface area contributed by atoms with Crippen molar-refractivity contribution in [1.29, 1.82) is 5.26 Å². The van der Waals surface area contributed by atoms with Gasteiger partial charge in [0, 0.05) is 50.2 Å². The summed E-state index contributed by atoms with van der Waals surface area (Å²) in [6, 6.07) is 16.6. The molecule has 1 aliphatic heterocycles. The molecule has 0 saturated heterocycles. The molecule has 0 unspecified atom stereocenters. The molecule has 2 aromatic carbocycles. The number of fused-ring (bicyclic) bond motifs is 1. The lowest BCUT2D eigenvalue weighted by molar-refractivity contribution is 0.393. The molecule has 1 atom stereocenters. The number of ether oxygens (including phenoxy) is 1. The Morgan fingerprint density at radius 2 is 1.67 bits per heavy atom. The molecule has 0 saturated carbocycles. The molecular formula is C22H26N4O. The van der Waals surface area contributed by atoms with Gasteiger partial charge in [0.15, 0.2) is 0 Å². The minimum Gasteiger partial charge on any atom is -0.440 e. The highest BCUT2D eigenvalue weighted by Gasteiger charge is 2.31. The number of nitrogens with two attached hydrogens (primary N) is 1. The van der Waals surface area contributed by atoms with Gasteiger partial charge in [-0.1, -0.05) is 18.2 Å². The van der Waals surface area contributed by atoms with E-state index in [4.69, 9.17) is 10.5 Å². The summed E-state index contributed by atoms with van der Waals surface area (Å²) in [6.45, 7) is 6.08. The fraction of sp³-hybridized carbons (Fsp3) is 0.318. The largest absolute Gasteiger partial charge is 0.440 e. The van der Waals surface area contributed by atoms with E-state index in [1.807, 2.05) is 25.1 Å².